The predicted molar refractivity (Wildman–Crippen MR) is 96.8 cm³/mol. The van der Waals surface area contributed by atoms with Crippen LogP contribution in [0.3, 0.4) is 0 Å². The van der Waals surface area contributed by atoms with Crippen molar-refractivity contribution in [2.75, 3.05) is 5.32 Å². The predicted octanol–water partition coefficient (Wildman–Crippen LogP) is 3.07. The van der Waals surface area contributed by atoms with Crippen LogP contribution in [0.25, 0.3) is 0 Å². The number of hydrogen-bond donors (Lipinski definition) is 2. The third-order valence-electron chi connectivity index (χ3n) is 3.91. The molecule has 0 fully saturated rings. The highest BCUT2D eigenvalue weighted by Gasteiger charge is 2.09. The van der Waals surface area contributed by atoms with Crippen LogP contribution in [0.15, 0.2) is 41.1 Å². The summed E-state index contributed by atoms with van der Waals surface area (Å²) in [5.74, 6) is 2.00. The number of nitrogens with zero attached hydrogens (tertiary/aromatic N) is 4. The van der Waals surface area contributed by atoms with Crippen molar-refractivity contribution in [2.45, 2.75) is 39.8 Å². The number of carbonyl (C=O) groups excluding carboxylic acids is 1. The molecule has 2 heterocycles. The molecule has 136 valence electrons. The molecule has 2 aromatic heterocycles. The van der Waals surface area contributed by atoms with Crippen molar-refractivity contribution in [3.8, 4) is 0 Å². The highest BCUT2D eigenvalue weighted by molar-refractivity contribution is 5.88. The van der Waals surface area contributed by atoms with Crippen LogP contribution >= 0.6 is 0 Å². The molecule has 0 saturated heterocycles. The zero-order valence-electron chi connectivity index (χ0n) is 15.1. The zero-order chi connectivity index (χ0) is 18.5. The second-order valence-corrected chi connectivity index (χ2v) is 6.31. The van der Waals surface area contributed by atoms with Crippen LogP contribution in [0.5, 0.6) is 0 Å². The number of aromatic nitrogens is 4. The van der Waals surface area contributed by atoms with Gasteiger partial charge in [0, 0.05) is 13.0 Å². The van der Waals surface area contributed by atoms with Crippen molar-refractivity contribution in [1.29, 1.82) is 0 Å². The van der Waals surface area contributed by atoms with E-state index in [2.05, 4.69) is 64.0 Å². The normalized spacial score (nSPS) is 10.9. The van der Waals surface area contributed by atoms with Gasteiger partial charge in [-0.1, -0.05) is 43.3 Å². The molecule has 2 N–H and O–H groups in total. The van der Waals surface area contributed by atoms with E-state index >= 15 is 0 Å². The lowest BCUT2D eigenvalue weighted by Gasteiger charge is -2.11. The number of rotatable bonds is 6. The molecule has 0 spiro atoms. The molecule has 0 bridgehead atoms. The van der Waals surface area contributed by atoms with E-state index in [0.717, 1.165) is 5.56 Å². The number of amides is 2. The van der Waals surface area contributed by atoms with E-state index in [1.807, 2.05) is 0 Å². The van der Waals surface area contributed by atoms with E-state index in [1.54, 1.807) is 23.9 Å². The first-order valence-corrected chi connectivity index (χ1v) is 8.46. The molecule has 1 aromatic carbocycles. The molecular formula is C18H22N6O2. The quantitative estimate of drug-likeness (QED) is 0.709. The van der Waals surface area contributed by atoms with Gasteiger partial charge in [0.2, 0.25) is 5.89 Å². The summed E-state index contributed by atoms with van der Waals surface area (Å²) in [5.41, 5.74) is 2.41. The molecule has 0 unspecified atom stereocenters. The second kappa shape index (κ2) is 7.81. The molecule has 8 heteroatoms. The van der Waals surface area contributed by atoms with Crippen LogP contribution in [0.2, 0.25) is 0 Å². The first kappa shape index (κ1) is 17.7. The molecule has 0 atom stereocenters. The Morgan fingerprint density at radius 3 is 2.65 bits per heavy atom. The van der Waals surface area contributed by atoms with Crippen LogP contribution in [0, 0.1) is 6.92 Å². The van der Waals surface area contributed by atoms with Gasteiger partial charge in [0.15, 0.2) is 5.82 Å². The summed E-state index contributed by atoms with van der Waals surface area (Å²) in [6.07, 6.45) is 1.65. The van der Waals surface area contributed by atoms with Crippen molar-refractivity contribution in [2.24, 2.45) is 0 Å². The Morgan fingerprint density at radius 1 is 1.23 bits per heavy atom. The van der Waals surface area contributed by atoms with Gasteiger partial charge in [0.25, 0.3) is 0 Å². The summed E-state index contributed by atoms with van der Waals surface area (Å²) in [4.78, 5) is 16.1. The Hall–Kier alpha value is -3.16. The molecule has 2 amide bonds. The third kappa shape index (κ3) is 4.47. The van der Waals surface area contributed by atoms with Gasteiger partial charge in [-0.25, -0.2) is 9.48 Å². The van der Waals surface area contributed by atoms with Crippen molar-refractivity contribution < 1.29 is 9.32 Å². The number of urea groups is 1. The summed E-state index contributed by atoms with van der Waals surface area (Å²) < 4.78 is 6.60. The van der Waals surface area contributed by atoms with Gasteiger partial charge in [-0.2, -0.15) is 10.1 Å². The average Bonchev–Trinajstić information content (AvgIpc) is 3.22. The molecule has 3 rings (SSSR count). The summed E-state index contributed by atoms with van der Waals surface area (Å²) in [6, 6.07) is 9.80. The number of nitrogens with one attached hydrogen (secondary N) is 2. The van der Waals surface area contributed by atoms with Crippen molar-refractivity contribution in [3.63, 3.8) is 0 Å². The maximum absolute atomic E-state index is 12.1. The van der Waals surface area contributed by atoms with Crippen molar-refractivity contribution in [3.05, 3.63) is 59.4 Å². The Balaban J connectivity index is 1.58. The first-order chi connectivity index (χ1) is 12.5. The van der Waals surface area contributed by atoms with Crippen LogP contribution in [-0.2, 0) is 13.1 Å². The topological polar surface area (TPSA) is 97.9 Å². The van der Waals surface area contributed by atoms with Crippen LogP contribution < -0.4 is 10.6 Å². The SMILES string of the molecule is Cc1nc(CNC(=O)Nc2ccnn2Cc2ccc(C(C)C)cc2)no1. The largest absolute Gasteiger partial charge is 0.340 e. The van der Waals surface area contributed by atoms with Gasteiger partial charge < -0.3 is 9.84 Å². The number of hydrogen-bond acceptors (Lipinski definition) is 5. The monoisotopic (exact) mass is 354 g/mol. The van der Waals surface area contributed by atoms with Crippen LogP contribution in [0.4, 0.5) is 10.6 Å². The Bertz CT molecular complexity index is 866. The standard InChI is InChI=1S/C18H22N6O2/c1-12(2)15-6-4-14(5-7-15)11-24-17(8-9-20-24)22-18(25)19-10-16-21-13(3)26-23-16/h4-9,12H,10-11H2,1-3H3,(H2,19,22,25). The molecule has 0 aliphatic carbocycles. The fourth-order valence-electron chi connectivity index (χ4n) is 2.48. The summed E-state index contributed by atoms with van der Waals surface area (Å²) in [6.45, 7) is 6.79. The summed E-state index contributed by atoms with van der Waals surface area (Å²) in [5, 5.41) is 13.5. The minimum atomic E-state index is -0.357. The number of anilines is 1. The van der Waals surface area contributed by atoms with Gasteiger partial charge in [0.1, 0.15) is 5.82 Å². The smallest absolute Gasteiger partial charge is 0.320 e. The molecule has 0 radical (unpaired) electrons. The van der Waals surface area contributed by atoms with E-state index in [1.165, 1.54) is 5.56 Å². The molecule has 3 aromatic rings. The van der Waals surface area contributed by atoms with Gasteiger partial charge in [0.05, 0.1) is 19.3 Å². The highest BCUT2D eigenvalue weighted by atomic mass is 16.5. The van der Waals surface area contributed by atoms with E-state index in [0.29, 0.717) is 30.0 Å². The molecule has 8 nitrogen and oxygen atoms in total. The van der Waals surface area contributed by atoms with Gasteiger partial charge in [-0.05, 0) is 17.0 Å². The lowest BCUT2D eigenvalue weighted by molar-refractivity contribution is 0.251. The van der Waals surface area contributed by atoms with Crippen molar-refractivity contribution in [1.82, 2.24) is 25.2 Å². The summed E-state index contributed by atoms with van der Waals surface area (Å²) in [7, 11) is 0. The molecule has 0 saturated carbocycles. The van der Waals surface area contributed by atoms with Gasteiger partial charge in [-0.3, -0.25) is 5.32 Å². The minimum absolute atomic E-state index is 0.188. The van der Waals surface area contributed by atoms with Gasteiger partial charge in [-0.15, -0.1) is 0 Å². The second-order valence-electron chi connectivity index (χ2n) is 6.31. The maximum atomic E-state index is 12.1. The minimum Gasteiger partial charge on any atom is -0.340 e. The van der Waals surface area contributed by atoms with Crippen LogP contribution in [0.1, 0.15) is 42.6 Å². The summed E-state index contributed by atoms with van der Waals surface area (Å²) >= 11 is 0. The fourth-order valence-corrected chi connectivity index (χ4v) is 2.48. The maximum Gasteiger partial charge on any atom is 0.320 e. The van der Waals surface area contributed by atoms with E-state index in [9.17, 15) is 4.79 Å². The van der Waals surface area contributed by atoms with E-state index < -0.39 is 0 Å². The molecule has 26 heavy (non-hydrogen) atoms. The molecular weight excluding hydrogens is 332 g/mol. The van der Waals surface area contributed by atoms with Gasteiger partial charge >= 0.3 is 6.03 Å². The number of aryl methyl sites for hydroxylation is 1. The first-order valence-electron chi connectivity index (χ1n) is 8.46. The Morgan fingerprint density at radius 2 is 2.00 bits per heavy atom. The number of benzene rings is 1. The number of carbonyl (C=O) groups is 1. The lowest BCUT2D eigenvalue weighted by atomic mass is 10.0. The molecule has 0 aliphatic heterocycles. The lowest BCUT2D eigenvalue weighted by Crippen LogP contribution is -2.29. The van der Waals surface area contributed by atoms with E-state index in [4.69, 9.17) is 4.52 Å². The Labute approximate surface area is 151 Å². The highest BCUT2D eigenvalue weighted by Crippen LogP contribution is 2.16. The fraction of sp³-hybridized carbons (Fsp3) is 0.333. The van der Waals surface area contributed by atoms with E-state index in [-0.39, 0.29) is 12.6 Å². The average molecular weight is 354 g/mol. The third-order valence-corrected chi connectivity index (χ3v) is 3.91. The molecule has 0 aliphatic rings. The van der Waals surface area contributed by atoms with Crippen LogP contribution in [-0.4, -0.2) is 26.0 Å². The zero-order valence-corrected chi connectivity index (χ0v) is 15.1. The Kier molecular flexibility index (Phi) is 5.31. The van der Waals surface area contributed by atoms with Crippen molar-refractivity contribution >= 4 is 11.8 Å².